The molecule has 0 saturated carbocycles. The fraction of sp³-hybridized carbons (Fsp3) is 0.346. The second kappa shape index (κ2) is 10.8. The van der Waals surface area contributed by atoms with Crippen LogP contribution < -0.4 is 4.90 Å². The van der Waals surface area contributed by atoms with Crippen LogP contribution in [0.15, 0.2) is 59.8 Å². The molecule has 0 unspecified atom stereocenters. The predicted molar refractivity (Wildman–Crippen MR) is 133 cm³/mol. The van der Waals surface area contributed by atoms with Gasteiger partial charge in [0.15, 0.2) is 5.16 Å². The van der Waals surface area contributed by atoms with Gasteiger partial charge in [-0.1, -0.05) is 54.2 Å². The van der Waals surface area contributed by atoms with Crippen LogP contribution in [0.25, 0.3) is 0 Å². The minimum absolute atomic E-state index is 0.0670. The fourth-order valence-electron chi connectivity index (χ4n) is 3.85. The molecule has 0 bridgehead atoms. The Morgan fingerprint density at radius 1 is 1.03 bits per heavy atom. The Balaban J connectivity index is 1.45. The van der Waals surface area contributed by atoms with Gasteiger partial charge in [0.2, 0.25) is 0 Å². The predicted octanol–water partition coefficient (Wildman–Crippen LogP) is 4.49. The minimum atomic E-state index is 0.0670. The summed E-state index contributed by atoms with van der Waals surface area (Å²) in [7, 11) is 2.07. The maximum atomic E-state index is 12.8. The van der Waals surface area contributed by atoms with Crippen molar-refractivity contribution in [2.75, 3.05) is 38.3 Å². The third-order valence-corrected chi connectivity index (χ3v) is 6.73. The highest BCUT2D eigenvalue weighted by molar-refractivity contribution is 7.98. The van der Waals surface area contributed by atoms with E-state index >= 15 is 0 Å². The molecule has 172 valence electrons. The number of carbonyl (C=O) groups is 1. The lowest BCUT2D eigenvalue weighted by atomic mass is 10.1. The Labute approximate surface area is 200 Å². The molecule has 1 saturated heterocycles. The number of morpholine rings is 1. The van der Waals surface area contributed by atoms with E-state index in [-0.39, 0.29) is 5.91 Å². The van der Waals surface area contributed by atoms with Crippen molar-refractivity contribution in [3.05, 3.63) is 82.5 Å². The first-order chi connectivity index (χ1) is 16.0. The van der Waals surface area contributed by atoms with Crippen molar-refractivity contribution in [3.8, 4) is 0 Å². The molecule has 4 rings (SSSR count). The molecule has 0 atom stereocenters. The van der Waals surface area contributed by atoms with E-state index in [1.54, 1.807) is 11.8 Å². The quantitative estimate of drug-likeness (QED) is 0.381. The smallest absolute Gasteiger partial charge is 0.254 e. The van der Waals surface area contributed by atoms with E-state index in [4.69, 9.17) is 14.7 Å². The summed E-state index contributed by atoms with van der Waals surface area (Å²) in [5.74, 6) is 1.72. The van der Waals surface area contributed by atoms with Gasteiger partial charge in [-0.05, 0) is 37.1 Å². The van der Waals surface area contributed by atoms with Crippen LogP contribution in [0, 0.1) is 13.8 Å². The number of aryl methyl sites for hydroxylation is 1. The normalized spacial score (nSPS) is 13.7. The average molecular weight is 463 g/mol. The minimum Gasteiger partial charge on any atom is -0.378 e. The largest absolute Gasteiger partial charge is 0.378 e. The Bertz CT molecular complexity index is 1100. The maximum Gasteiger partial charge on any atom is 0.254 e. The summed E-state index contributed by atoms with van der Waals surface area (Å²) in [4.78, 5) is 26.4. The molecule has 6 nitrogen and oxygen atoms in total. The molecule has 7 heteroatoms. The van der Waals surface area contributed by atoms with Gasteiger partial charge in [-0.25, -0.2) is 9.97 Å². The first-order valence-electron chi connectivity index (χ1n) is 11.2. The monoisotopic (exact) mass is 462 g/mol. The van der Waals surface area contributed by atoms with Gasteiger partial charge in [0.05, 0.1) is 13.2 Å². The van der Waals surface area contributed by atoms with Gasteiger partial charge in [0.1, 0.15) is 5.82 Å². The van der Waals surface area contributed by atoms with Crippen molar-refractivity contribution in [1.82, 2.24) is 14.9 Å². The molecule has 1 fully saturated rings. The van der Waals surface area contributed by atoms with E-state index in [1.165, 1.54) is 5.56 Å². The van der Waals surface area contributed by atoms with Gasteiger partial charge >= 0.3 is 0 Å². The standard InChI is InChI=1S/C26H30N4O2S/c1-19-20(2)27-26(28-24(19)29(3)17-21-8-5-4-6-9-21)33-18-22-10-7-11-23(16-22)25(31)30-12-14-32-15-13-30/h4-11,16H,12-15,17-18H2,1-3H3. The number of amides is 1. The molecule has 1 aliphatic heterocycles. The zero-order valence-corrected chi connectivity index (χ0v) is 20.3. The third kappa shape index (κ3) is 5.92. The van der Waals surface area contributed by atoms with Crippen LogP contribution in [-0.2, 0) is 17.0 Å². The highest BCUT2D eigenvalue weighted by Crippen LogP contribution is 2.27. The summed E-state index contributed by atoms with van der Waals surface area (Å²) < 4.78 is 5.36. The van der Waals surface area contributed by atoms with Crippen LogP contribution in [0.2, 0.25) is 0 Å². The molecule has 2 aromatic carbocycles. The van der Waals surface area contributed by atoms with E-state index in [9.17, 15) is 4.79 Å². The maximum absolute atomic E-state index is 12.8. The van der Waals surface area contributed by atoms with Gasteiger partial charge in [0, 0.05) is 49.3 Å². The molecule has 3 aromatic rings. The molecular formula is C26H30N4O2S. The van der Waals surface area contributed by atoms with Crippen molar-refractivity contribution in [3.63, 3.8) is 0 Å². The summed E-state index contributed by atoms with van der Waals surface area (Å²) >= 11 is 1.60. The first-order valence-corrected chi connectivity index (χ1v) is 12.2. The first kappa shape index (κ1) is 23.3. The molecular weight excluding hydrogens is 432 g/mol. The zero-order valence-electron chi connectivity index (χ0n) is 19.5. The summed E-state index contributed by atoms with van der Waals surface area (Å²) in [6.45, 7) is 7.39. The summed E-state index contributed by atoms with van der Waals surface area (Å²) in [6.07, 6.45) is 0. The van der Waals surface area contributed by atoms with Gasteiger partial charge in [-0.2, -0.15) is 0 Å². The lowest BCUT2D eigenvalue weighted by Crippen LogP contribution is -2.40. The van der Waals surface area contributed by atoms with Crippen LogP contribution in [0.5, 0.6) is 0 Å². The Morgan fingerprint density at radius 2 is 1.76 bits per heavy atom. The summed E-state index contributed by atoms with van der Waals surface area (Å²) in [6, 6.07) is 18.3. The second-order valence-corrected chi connectivity index (χ2v) is 9.22. The van der Waals surface area contributed by atoms with E-state index < -0.39 is 0 Å². The van der Waals surface area contributed by atoms with Crippen molar-refractivity contribution < 1.29 is 9.53 Å². The van der Waals surface area contributed by atoms with Crippen molar-refractivity contribution in [2.24, 2.45) is 0 Å². The number of thioether (sulfide) groups is 1. The molecule has 1 amide bonds. The lowest BCUT2D eigenvalue weighted by Gasteiger charge is -2.27. The number of benzene rings is 2. The van der Waals surface area contributed by atoms with Gasteiger partial charge < -0.3 is 14.5 Å². The fourth-order valence-corrected chi connectivity index (χ4v) is 4.68. The summed E-state index contributed by atoms with van der Waals surface area (Å²) in [5.41, 5.74) is 5.13. The number of ether oxygens (including phenoxy) is 1. The molecule has 33 heavy (non-hydrogen) atoms. The third-order valence-electron chi connectivity index (χ3n) is 5.81. The van der Waals surface area contributed by atoms with Crippen molar-refractivity contribution in [2.45, 2.75) is 31.3 Å². The van der Waals surface area contributed by atoms with Crippen LogP contribution in [0.3, 0.4) is 0 Å². The summed E-state index contributed by atoms with van der Waals surface area (Å²) in [5, 5.41) is 0.748. The molecule has 0 N–H and O–H groups in total. The van der Waals surface area contributed by atoms with Gasteiger partial charge in [-0.15, -0.1) is 0 Å². The molecule has 1 aromatic heterocycles. The number of carbonyl (C=O) groups excluding carboxylic acids is 1. The van der Waals surface area contributed by atoms with Gasteiger partial charge in [0.25, 0.3) is 5.91 Å². The van der Waals surface area contributed by atoms with Gasteiger partial charge in [-0.3, -0.25) is 4.79 Å². The number of anilines is 1. The Morgan fingerprint density at radius 3 is 2.52 bits per heavy atom. The van der Waals surface area contributed by atoms with E-state index in [2.05, 4.69) is 43.1 Å². The van der Waals surface area contributed by atoms with Crippen LogP contribution in [0.4, 0.5) is 5.82 Å². The number of aromatic nitrogens is 2. The zero-order chi connectivity index (χ0) is 23.2. The van der Waals surface area contributed by atoms with E-state index in [1.807, 2.05) is 42.2 Å². The highest BCUT2D eigenvalue weighted by atomic mass is 32.2. The van der Waals surface area contributed by atoms with E-state index in [0.29, 0.717) is 32.1 Å². The van der Waals surface area contributed by atoms with Crippen molar-refractivity contribution in [1.29, 1.82) is 0 Å². The number of rotatable bonds is 7. The Kier molecular flexibility index (Phi) is 7.62. The number of hydrogen-bond donors (Lipinski definition) is 0. The average Bonchev–Trinajstić information content (AvgIpc) is 2.85. The number of hydrogen-bond acceptors (Lipinski definition) is 6. The lowest BCUT2D eigenvalue weighted by molar-refractivity contribution is 0.0303. The van der Waals surface area contributed by atoms with Crippen LogP contribution >= 0.6 is 11.8 Å². The SMILES string of the molecule is Cc1nc(SCc2cccc(C(=O)N3CCOCC3)c2)nc(N(C)Cc2ccccc2)c1C. The highest BCUT2D eigenvalue weighted by Gasteiger charge is 2.19. The molecule has 2 heterocycles. The Hall–Kier alpha value is -2.90. The van der Waals surface area contributed by atoms with Crippen LogP contribution in [-0.4, -0.2) is 54.1 Å². The molecule has 0 aliphatic carbocycles. The van der Waals surface area contributed by atoms with Crippen LogP contribution in [0.1, 0.15) is 32.7 Å². The molecule has 0 radical (unpaired) electrons. The molecule has 1 aliphatic rings. The van der Waals surface area contributed by atoms with Crippen molar-refractivity contribution >= 4 is 23.5 Å². The second-order valence-electron chi connectivity index (χ2n) is 8.28. The topological polar surface area (TPSA) is 58.6 Å². The number of nitrogens with zero attached hydrogens (tertiary/aromatic N) is 4. The molecule has 0 spiro atoms. The van der Waals surface area contributed by atoms with E-state index in [0.717, 1.165) is 39.9 Å².